The second-order valence-electron chi connectivity index (χ2n) is 2.52. The molecule has 3 heteroatoms. The molecule has 0 fully saturated rings. The van der Waals surface area contributed by atoms with E-state index >= 15 is 0 Å². The van der Waals surface area contributed by atoms with Crippen molar-refractivity contribution in [3.8, 4) is 0 Å². The summed E-state index contributed by atoms with van der Waals surface area (Å²) in [6.07, 6.45) is 2.29. The highest BCUT2D eigenvalue weighted by Crippen LogP contribution is 2.04. The second kappa shape index (κ2) is 24.6. The number of hydrogen-bond acceptors (Lipinski definition) is 0. The van der Waals surface area contributed by atoms with Crippen LogP contribution in [-0.2, 0) is 12.8 Å². The van der Waals surface area contributed by atoms with Crippen molar-refractivity contribution in [2.24, 2.45) is 0 Å². The third-order valence-electron chi connectivity index (χ3n) is 1.84. The van der Waals surface area contributed by atoms with Gasteiger partial charge in [0.15, 0.2) is 0 Å². The molecule has 0 saturated heterocycles. The molecule has 1 rings (SSSR count). The van der Waals surface area contributed by atoms with Crippen molar-refractivity contribution in [2.45, 2.75) is 54.4 Å². The third-order valence-corrected chi connectivity index (χ3v) is 1.84. The van der Waals surface area contributed by atoms with E-state index in [2.05, 4.69) is 38.1 Å². The number of halogens is 1. The molecule has 0 unspecified atom stereocenters. The molecule has 1 aromatic rings. The van der Waals surface area contributed by atoms with Gasteiger partial charge in [-0.3, -0.25) is 5.48 Å². The normalized spacial score (nSPS) is 6.47. The van der Waals surface area contributed by atoms with E-state index in [1.54, 1.807) is 0 Å². The van der Waals surface area contributed by atoms with E-state index in [1.165, 1.54) is 11.1 Å². The Bertz CT molecular complexity index is 175. The number of rotatable bonds is 2. The highest BCUT2D eigenvalue weighted by molar-refractivity contribution is 5.85. The zero-order valence-electron chi connectivity index (χ0n) is 12.1. The Morgan fingerprint density at radius 1 is 0.706 bits per heavy atom. The molecule has 105 valence electrons. The summed E-state index contributed by atoms with van der Waals surface area (Å²) in [5.74, 6) is 0. The molecule has 0 spiro atoms. The van der Waals surface area contributed by atoms with Gasteiger partial charge in [-0.05, 0) is 24.0 Å². The monoisotopic (exact) mass is 265 g/mol. The van der Waals surface area contributed by atoms with Gasteiger partial charge in [-0.15, -0.1) is 12.4 Å². The molecule has 2 nitrogen and oxygen atoms in total. The number of hydrogen-bond donors (Lipinski definition) is 1. The van der Waals surface area contributed by atoms with Gasteiger partial charge >= 0.3 is 0 Å². The van der Waals surface area contributed by atoms with Crippen LogP contribution in [0.1, 0.15) is 52.7 Å². The molecule has 0 bridgehead atoms. The predicted molar refractivity (Wildman–Crippen MR) is 80.7 cm³/mol. The molecule has 0 heterocycles. The summed E-state index contributed by atoms with van der Waals surface area (Å²) < 4.78 is 0. The largest absolute Gasteiger partial charge is 0.412 e. The fourth-order valence-electron chi connectivity index (χ4n) is 1.01. The summed E-state index contributed by atoms with van der Waals surface area (Å²) in [6.45, 7) is 12.4. The quantitative estimate of drug-likeness (QED) is 0.830. The summed E-state index contributed by atoms with van der Waals surface area (Å²) in [4.78, 5) is 0. The Balaban J connectivity index is -0.0000000625. The van der Waals surface area contributed by atoms with E-state index in [1.807, 2.05) is 27.7 Å². The van der Waals surface area contributed by atoms with Gasteiger partial charge < -0.3 is 5.48 Å². The van der Waals surface area contributed by atoms with Crippen molar-refractivity contribution >= 4 is 12.4 Å². The first-order chi connectivity index (χ1) is 6.86. The maximum atomic E-state index is 2.21. The summed E-state index contributed by atoms with van der Waals surface area (Å²) in [6, 6.07) is 8.83. The van der Waals surface area contributed by atoms with Crippen LogP contribution in [0, 0.1) is 0 Å². The van der Waals surface area contributed by atoms with E-state index in [9.17, 15) is 0 Å². The molecule has 1 radical (unpaired) electrons. The minimum absolute atomic E-state index is 0. The van der Waals surface area contributed by atoms with Crippen LogP contribution in [0.5, 0.6) is 0 Å². The van der Waals surface area contributed by atoms with Crippen molar-refractivity contribution in [3.05, 3.63) is 35.4 Å². The molecule has 0 atom stereocenters. The van der Waals surface area contributed by atoms with Crippen LogP contribution in [-0.4, -0.2) is 11.0 Å². The lowest BCUT2D eigenvalue weighted by Gasteiger charge is -1.97. The Morgan fingerprint density at radius 2 is 0.882 bits per heavy atom. The van der Waals surface area contributed by atoms with E-state index in [0.717, 1.165) is 12.8 Å². The van der Waals surface area contributed by atoms with Crippen LogP contribution in [0.2, 0.25) is 0 Å². The van der Waals surface area contributed by atoms with Crippen LogP contribution >= 0.6 is 12.4 Å². The first kappa shape index (κ1) is 29.9. The van der Waals surface area contributed by atoms with Crippen molar-refractivity contribution in [1.29, 1.82) is 0 Å². The van der Waals surface area contributed by atoms with Gasteiger partial charge in [0.05, 0.1) is 0 Å². The molecule has 0 aromatic heterocycles. The topological polar surface area (TPSA) is 61.5 Å². The maximum Gasteiger partial charge on any atom is -0.0307 e. The lowest BCUT2D eigenvalue weighted by molar-refractivity contribution is 0.823. The SMILES string of the molecule is CC.CC.CCc1ccc(CC)cc1.Cl.O.[OH]. The molecule has 0 aliphatic rings. The molecule has 0 saturated carbocycles. The van der Waals surface area contributed by atoms with Crippen LogP contribution in [0.25, 0.3) is 0 Å². The van der Waals surface area contributed by atoms with Gasteiger partial charge in [0.1, 0.15) is 0 Å². The lowest BCUT2D eigenvalue weighted by Crippen LogP contribution is -1.81. The first-order valence-corrected chi connectivity index (χ1v) is 5.94. The minimum Gasteiger partial charge on any atom is -0.412 e. The molecule has 0 aliphatic carbocycles. The fourth-order valence-corrected chi connectivity index (χ4v) is 1.01. The average Bonchev–Trinajstić information content (AvgIpc) is 2.34. The van der Waals surface area contributed by atoms with Crippen LogP contribution in [0.3, 0.4) is 0 Å². The van der Waals surface area contributed by atoms with Gasteiger partial charge in [0.25, 0.3) is 0 Å². The van der Waals surface area contributed by atoms with Gasteiger partial charge in [0.2, 0.25) is 0 Å². The zero-order valence-corrected chi connectivity index (χ0v) is 12.9. The molecule has 3 N–H and O–H groups in total. The lowest BCUT2D eigenvalue weighted by atomic mass is 10.1. The smallest absolute Gasteiger partial charge is 0.0307 e. The Labute approximate surface area is 113 Å². The number of aryl methyl sites for hydroxylation is 2. The molecular weight excluding hydrogens is 236 g/mol. The zero-order chi connectivity index (χ0) is 11.4. The Morgan fingerprint density at radius 3 is 1.00 bits per heavy atom. The van der Waals surface area contributed by atoms with Gasteiger partial charge in [0, 0.05) is 0 Å². The highest BCUT2D eigenvalue weighted by Gasteiger charge is 1.88. The van der Waals surface area contributed by atoms with Gasteiger partial charge in [-0.25, -0.2) is 0 Å². The summed E-state index contributed by atoms with van der Waals surface area (Å²) in [5.41, 5.74) is 2.86. The first-order valence-electron chi connectivity index (χ1n) is 5.94. The second-order valence-corrected chi connectivity index (χ2v) is 2.52. The maximum absolute atomic E-state index is 2.21. The van der Waals surface area contributed by atoms with E-state index in [0.29, 0.717) is 0 Å². The van der Waals surface area contributed by atoms with Crippen molar-refractivity contribution < 1.29 is 11.0 Å². The van der Waals surface area contributed by atoms with Crippen LogP contribution < -0.4 is 0 Å². The number of benzene rings is 1. The van der Waals surface area contributed by atoms with Gasteiger partial charge in [-0.2, -0.15) is 0 Å². The van der Waals surface area contributed by atoms with Crippen molar-refractivity contribution in [2.75, 3.05) is 0 Å². The Hall–Kier alpha value is -0.570. The minimum atomic E-state index is 0. The molecule has 17 heavy (non-hydrogen) atoms. The summed E-state index contributed by atoms with van der Waals surface area (Å²) in [5, 5.41) is 0. The highest BCUT2D eigenvalue weighted by atomic mass is 35.5. The van der Waals surface area contributed by atoms with Crippen molar-refractivity contribution in [3.63, 3.8) is 0 Å². The van der Waals surface area contributed by atoms with Crippen molar-refractivity contribution in [1.82, 2.24) is 0 Å². The fraction of sp³-hybridized carbons (Fsp3) is 0.571. The molecule has 0 amide bonds. The van der Waals surface area contributed by atoms with Crippen LogP contribution in [0.15, 0.2) is 24.3 Å². The van der Waals surface area contributed by atoms with Gasteiger partial charge in [-0.1, -0.05) is 65.8 Å². The summed E-state index contributed by atoms with van der Waals surface area (Å²) >= 11 is 0. The molecule has 0 aliphatic heterocycles. The standard InChI is InChI=1S/C10H14.2C2H6.ClH.H2O.HO/c1-3-9-5-7-10(4-2)8-6-9;2*1-2;;;/h5-8H,3-4H2,1-2H3;2*1-2H3;1H;1H2;1H. The van der Waals surface area contributed by atoms with Crippen LogP contribution in [0.4, 0.5) is 0 Å². The molecular formula is C14H30ClO2. The molecule has 1 aromatic carbocycles. The predicted octanol–water partition coefficient (Wildman–Crippen LogP) is 4.28. The third kappa shape index (κ3) is 15.4. The van der Waals surface area contributed by atoms with E-state index < -0.39 is 0 Å². The average molecular weight is 266 g/mol. The summed E-state index contributed by atoms with van der Waals surface area (Å²) in [7, 11) is 0. The van der Waals surface area contributed by atoms with E-state index in [4.69, 9.17) is 0 Å². The van der Waals surface area contributed by atoms with E-state index in [-0.39, 0.29) is 23.4 Å². The Kier molecular flexibility index (Phi) is 43.3.